The van der Waals surface area contributed by atoms with E-state index >= 15 is 0 Å². The van der Waals surface area contributed by atoms with Crippen molar-refractivity contribution >= 4 is 11.4 Å². The van der Waals surface area contributed by atoms with Gasteiger partial charge in [0.25, 0.3) is 0 Å². The molecule has 1 unspecified atom stereocenters. The molecule has 0 aliphatic carbocycles. The number of H-pyrrole nitrogens is 1. The molecule has 5 nitrogen and oxygen atoms in total. The monoisotopic (exact) mass is 227 g/mol. The predicted molar refractivity (Wildman–Crippen MR) is 66.2 cm³/mol. The second-order valence-corrected chi connectivity index (χ2v) is 3.81. The van der Waals surface area contributed by atoms with Crippen molar-refractivity contribution in [1.29, 1.82) is 5.26 Å². The Balaban J connectivity index is 2.21. The van der Waals surface area contributed by atoms with Crippen molar-refractivity contribution < 1.29 is 0 Å². The summed E-state index contributed by atoms with van der Waals surface area (Å²) in [6.45, 7) is 2.00. The van der Waals surface area contributed by atoms with Crippen molar-refractivity contribution in [3.05, 3.63) is 41.7 Å². The Morgan fingerprint density at radius 3 is 3.00 bits per heavy atom. The summed E-state index contributed by atoms with van der Waals surface area (Å²) in [5, 5.41) is 18.7. The first kappa shape index (κ1) is 11.0. The van der Waals surface area contributed by atoms with Gasteiger partial charge in [0.05, 0.1) is 35.2 Å². The molecule has 0 spiro atoms. The molecule has 1 aromatic carbocycles. The number of nitrogen functional groups attached to an aromatic ring is 1. The number of nitrogens with zero attached hydrogens (tertiary/aromatic N) is 2. The summed E-state index contributed by atoms with van der Waals surface area (Å²) in [6, 6.07) is 7.33. The number of nitriles is 1. The summed E-state index contributed by atoms with van der Waals surface area (Å²) in [5.41, 5.74) is 8.86. The number of anilines is 2. The Labute approximate surface area is 99.3 Å². The van der Waals surface area contributed by atoms with Gasteiger partial charge in [0.1, 0.15) is 0 Å². The molecule has 5 heteroatoms. The maximum atomic E-state index is 8.84. The highest BCUT2D eigenvalue weighted by Crippen LogP contribution is 2.24. The van der Waals surface area contributed by atoms with Crippen LogP contribution < -0.4 is 11.1 Å². The Morgan fingerprint density at radius 2 is 2.35 bits per heavy atom. The van der Waals surface area contributed by atoms with Crippen LogP contribution in [0, 0.1) is 11.3 Å². The second kappa shape index (κ2) is 4.58. The third kappa shape index (κ3) is 2.37. The molecule has 0 aliphatic rings. The first-order chi connectivity index (χ1) is 8.20. The zero-order chi connectivity index (χ0) is 12.3. The fraction of sp³-hybridized carbons (Fsp3) is 0.167. The summed E-state index contributed by atoms with van der Waals surface area (Å²) in [6.07, 6.45) is 3.57. The molecular formula is C12H13N5. The average Bonchev–Trinajstić information content (AvgIpc) is 2.85. The van der Waals surface area contributed by atoms with E-state index in [2.05, 4.69) is 21.6 Å². The largest absolute Gasteiger partial charge is 0.397 e. The number of aromatic amines is 1. The highest BCUT2D eigenvalue weighted by Gasteiger charge is 2.08. The fourth-order valence-corrected chi connectivity index (χ4v) is 1.57. The van der Waals surface area contributed by atoms with Gasteiger partial charge < -0.3 is 11.1 Å². The lowest BCUT2D eigenvalue weighted by Gasteiger charge is -2.15. The molecule has 4 N–H and O–H groups in total. The Hall–Kier alpha value is -2.48. The topological polar surface area (TPSA) is 90.5 Å². The van der Waals surface area contributed by atoms with E-state index in [0.717, 1.165) is 11.3 Å². The van der Waals surface area contributed by atoms with Crippen LogP contribution in [0.1, 0.15) is 24.1 Å². The molecule has 0 saturated carbocycles. The van der Waals surface area contributed by atoms with Gasteiger partial charge in [-0.25, -0.2) is 0 Å². The molecule has 0 fully saturated rings. The highest BCUT2D eigenvalue weighted by atomic mass is 15.1. The van der Waals surface area contributed by atoms with Crippen molar-refractivity contribution in [3.63, 3.8) is 0 Å². The van der Waals surface area contributed by atoms with Gasteiger partial charge in [-0.3, -0.25) is 5.10 Å². The summed E-state index contributed by atoms with van der Waals surface area (Å²) in [7, 11) is 0. The van der Waals surface area contributed by atoms with Gasteiger partial charge >= 0.3 is 0 Å². The zero-order valence-electron chi connectivity index (χ0n) is 9.44. The molecule has 2 aromatic rings. The van der Waals surface area contributed by atoms with E-state index in [1.807, 2.05) is 13.1 Å². The van der Waals surface area contributed by atoms with Crippen LogP contribution >= 0.6 is 0 Å². The molecule has 1 atom stereocenters. The van der Waals surface area contributed by atoms with Gasteiger partial charge in [-0.1, -0.05) is 0 Å². The average molecular weight is 227 g/mol. The molecule has 86 valence electrons. The number of nitrogens with one attached hydrogen (secondary N) is 2. The van der Waals surface area contributed by atoms with Crippen molar-refractivity contribution in [1.82, 2.24) is 10.2 Å². The van der Waals surface area contributed by atoms with Crippen LogP contribution in [0.2, 0.25) is 0 Å². The summed E-state index contributed by atoms with van der Waals surface area (Å²) >= 11 is 0. The minimum atomic E-state index is 0.0741. The molecule has 17 heavy (non-hydrogen) atoms. The van der Waals surface area contributed by atoms with Crippen LogP contribution in [-0.4, -0.2) is 10.2 Å². The third-order valence-electron chi connectivity index (χ3n) is 2.57. The van der Waals surface area contributed by atoms with Gasteiger partial charge in [0.2, 0.25) is 0 Å². The number of hydrogen-bond acceptors (Lipinski definition) is 4. The number of nitrogens with two attached hydrogens (primary N) is 1. The van der Waals surface area contributed by atoms with E-state index in [0.29, 0.717) is 11.3 Å². The van der Waals surface area contributed by atoms with Gasteiger partial charge in [-0.2, -0.15) is 10.4 Å². The van der Waals surface area contributed by atoms with Gasteiger partial charge in [-0.05, 0) is 25.1 Å². The van der Waals surface area contributed by atoms with Crippen LogP contribution in [0.25, 0.3) is 0 Å². The number of aromatic nitrogens is 2. The van der Waals surface area contributed by atoms with Crippen molar-refractivity contribution in [2.75, 3.05) is 11.1 Å². The number of rotatable bonds is 3. The van der Waals surface area contributed by atoms with Crippen molar-refractivity contribution in [2.24, 2.45) is 0 Å². The van der Waals surface area contributed by atoms with Crippen LogP contribution in [0.3, 0.4) is 0 Å². The molecule has 0 aliphatic heterocycles. The molecule has 0 radical (unpaired) electrons. The molecule has 0 saturated heterocycles. The van der Waals surface area contributed by atoms with Crippen LogP contribution in [-0.2, 0) is 0 Å². The zero-order valence-corrected chi connectivity index (χ0v) is 9.44. The van der Waals surface area contributed by atoms with E-state index in [9.17, 15) is 0 Å². The molecule has 0 bridgehead atoms. The minimum Gasteiger partial charge on any atom is -0.397 e. The highest BCUT2D eigenvalue weighted by molar-refractivity contribution is 5.68. The third-order valence-corrected chi connectivity index (χ3v) is 2.57. The van der Waals surface area contributed by atoms with Crippen molar-refractivity contribution in [3.8, 4) is 6.07 Å². The maximum Gasteiger partial charge on any atom is 0.0992 e. The number of benzene rings is 1. The van der Waals surface area contributed by atoms with E-state index in [1.165, 1.54) is 0 Å². The molecular weight excluding hydrogens is 214 g/mol. The standard InChI is InChI=1S/C12H13N5/c1-8(10-6-15-16-7-10)17-12-4-9(5-13)2-3-11(12)14/h2-4,6-8,17H,14H2,1H3,(H,15,16). The fourth-order valence-electron chi connectivity index (χ4n) is 1.57. The first-order valence-corrected chi connectivity index (χ1v) is 5.25. The lowest BCUT2D eigenvalue weighted by molar-refractivity contribution is 0.886. The van der Waals surface area contributed by atoms with E-state index in [1.54, 1.807) is 24.4 Å². The maximum absolute atomic E-state index is 8.84. The van der Waals surface area contributed by atoms with Crippen LogP contribution in [0.4, 0.5) is 11.4 Å². The SMILES string of the molecule is CC(Nc1cc(C#N)ccc1N)c1cn[nH]c1. The van der Waals surface area contributed by atoms with Gasteiger partial charge in [-0.15, -0.1) is 0 Å². The smallest absolute Gasteiger partial charge is 0.0992 e. The van der Waals surface area contributed by atoms with E-state index in [-0.39, 0.29) is 6.04 Å². The normalized spacial score (nSPS) is 11.8. The second-order valence-electron chi connectivity index (χ2n) is 3.81. The van der Waals surface area contributed by atoms with Crippen LogP contribution in [0.5, 0.6) is 0 Å². The quantitative estimate of drug-likeness (QED) is 0.700. The van der Waals surface area contributed by atoms with E-state index in [4.69, 9.17) is 11.0 Å². The summed E-state index contributed by atoms with van der Waals surface area (Å²) < 4.78 is 0. The molecule has 1 aromatic heterocycles. The lowest BCUT2D eigenvalue weighted by Crippen LogP contribution is -2.07. The van der Waals surface area contributed by atoms with Crippen LogP contribution in [0.15, 0.2) is 30.6 Å². The van der Waals surface area contributed by atoms with Gasteiger partial charge in [0, 0.05) is 11.8 Å². The van der Waals surface area contributed by atoms with Crippen molar-refractivity contribution in [2.45, 2.75) is 13.0 Å². The Morgan fingerprint density at radius 1 is 1.53 bits per heavy atom. The Bertz CT molecular complexity index is 539. The minimum absolute atomic E-state index is 0.0741. The van der Waals surface area contributed by atoms with Gasteiger partial charge in [0.15, 0.2) is 0 Å². The molecule has 0 amide bonds. The lowest BCUT2D eigenvalue weighted by atomic mass is 10.1. The van der Waals surface area contributed by atoms with E-state index < -0.39 is 0 Å². The molecule has 1 heterocycles. The summed E-state index contributed by atoms with van der Waals surface area (Å²) in [5.74, 6) is 0. The number of hydrogen-bond donors (Lipinski definition) is 3. The predicted octanol–water partition coefficient (Wildman–Crippen LogP) is 2.04. The summed E-state index contributed by atoms with van der Waals surface area (Å²) in [4.78, 5) is 0. The first-order valence-electron chi connectivity index (χ1n) is 5.25. The molecule has 2 rings (SSSR count). The Kier molecular flexibility index (Phi) is 2.97.